The van der Waals surface area contributed by atoms with Crippen molar-refractivity contribution < 1.29 is 9.53 Å². The summed E-state index contributed by atoms with van der Waals surface area (Å²) < 4.78 is 5.36. The van der Waals surface area contributed by atoms with Crippen LogP contribution in [0.2, 0.25) is 0 Å². The fraction of sp³-hybridized carbons (Fsp3) is 0.526. The minimum Gasteiger partial charge on any atom is -0.427 e. The minimum absolute atomic E-state index is 0.123. The van der Waals surface area contributed by atoms with Gasteiger partial charge >= 0.3 is 5.97 Å². The maximum atomic E-state index is 11.7. The molecule has 114 valence electrons. The third kappa shape index (κ3) is 5.04. The van der Waals surface area contributed by atoms with Gasteiger partial charge in [0.2, 0.25) is 0 Å². The molecule has 0 saturated heterocycles. The van der Waals surface area contributed by atoms with Crippen molar-refractivity contribution in [2.45, 2.75) is 58.8 Å². The molecule has 2 nitrogen and oxygen atoms in total. The Morgan fingerprint density at radius 1 is 1.24 bits per heavy atom. The summed E-state index contributed by atoms with van der Waals surface area (Å²) in [4.78, 5) is 11.7. The van der Waals surface area contributed by atoms with E-state index in [0.29, 0.717) is 12.2 Å². The number of hydrogen-bond acceptors (Lipinski definition) is 2. The van der Waals surface area contributed by atoms with Crippen molar-refractivity contribution in [3.63, 3.8) is 0 Å². The molecule has 0 N–H and O–H groups in total. The Morgan fingerprint density at radius 3 is 2.62 bits per heavy atom. The summed E-state index contributed by atoms with van der Waals surface area (Å²) in [5.41, 5.74) is 2.68. The van der Waals surface area contributed by atoms with Gasteiger partial charge in [0.25, 0.3) is 0 Å². The molecule has 1 unspecified atom stereocenters. The maximum Gasteiger partial charge on any atom is 0.311 e. The van der Waals surface area contributed by atoms with Gasteiger partial charge in [-0.15, -0.1) is 0 Å². The van der Waals surface area contributed by atoms with Gasteiger partial charge in [-0.1, -0.05) is 44.9 Å². The van der Waals surface area contributed by atoms with E-state index in [1.54, 1.807) is 0 Å². The Balaban J connectivity index is 1.88. The first-order valence-corrected chi connectivity index (χ1v) is 8.19. The standard InChI is InChI=1S/C19H26O2/c1-3-4-5-6-19(20)21-18-13-11-17(12-14-18)16-9-7-15(2)8-10-16/h9,11-15H,3-8,10H2,1-2H3. The Bertz CT molecular complexity index is 485. The van der Waals surface area contributed by atoms with E-state index in [0.717, 1.165) is 31.6 Å². The summed E-state index contributed by atoms with van der Waals surface area (Å²) >= 11 is 0. The highest BCUT2D eigenvalue weighted by Gasteiger charge is 2.12. The minimum atomic E-state index is -0.123. The lowest BCUT2D eigenvalue weighted by molar-refractivity contribution is -0.134. The van der Waals surface area contributed by atoms with Gasteiger partial charge < -0.3 is 4.74 Å². The van der Waals surface area contributed by atoms with Crippen molar-refractivity contribution in [3.05, 3.63) is 35.9 Å². The van der Waals surface area contributed by atoms with Crippen LogP contribution in [0.3, 0.4) is 0 Å². The van der Waals surface area contributed by atoms with Gasteiger partial charge in [0, 0.05) is 6.42 Å². The van der Waals surface area contributed by atoms with Crippen LogP contribution in [0.25, 0.3) is 5.57 Å². The molecule has 2 heteroatoms. The van der Waals surface area contributed by atoms with E-state index in [4.69, 9.17) is 4.74 Å². The molecular formula is C19H26O2. The average Bonchev–Trinajstić information content (AvgIpc) is 2.49. The Hall–Kier alpha value is -1.57. The van der Waals surface area contributed by atoms with Crippen molar-refractivity contribution in [3.8, 4) is 5.75 Å². The Labute approximate surface area is 128 Å². The molecule has 0 amide bonds. The van der Waals surface area contributed by atoms with E-state index >= 15 is 0 Å². The van der Waals surface area contributed by atoms with Crippen LogP contribution in [-0.2, 0) is 4.79 Å². The van der Waals surface area contributed by atoms with Gasteiger partial charge in [0.15, 0.2) is 0 Å². The van der Waals surface area contributed by atoms with E-state index in [1.165, 1.54) is 24.0 Å². The molecule has 0 saturated carbocycles. The molecule has 1 aliphatic rings. The Morgan fingerprint density at radius 2 is 2.00 bits per heavy atom. The molecule has 21 heavy (non-hydrogen) atoms. The molecule has 1 atom stereocenters. The Kier molecular flexibility index (Phi) is 6.04. The van der Waals surface area contributed by atoms with Crippen LogP contribution in [0.15, 0.2) is 30.3 Å². The quantitative estimate of drug-likeness (QED) is 0.399. The zero-order valence-electron chi connectivity index (χ0n) is 13.2. The summed E-state index contributed by atoms with van der Waals surface area (Å²) in [7, 11) is 0. The highest BCUT2D eigenvalue weighted by atomic mass is 16.5. The second kappa shape index (κ2) is 8.02. The fourth-order valence-electron chi connectivity index (χ4n) is 2.67. The fourth-order valence-corrected chi connectivity index (χ4v) is 2.67. The van der Waals surface area contributed by atoms with Gasteiger partial charge in [-0.2, -0.15) is 0 Å². The van der Waals surface area contributed by atoms with E-state index in [2.05, 4.69) is 32.1 Å². The summed E-state index contributed by atoms with van der Waals surface area (Å²) in [6.07, 6.45) is 9.56. The molecule has 0 fully saturated rings. The summed E-state index contributed by atoms with van der Waals surface area (Å²) in [6.45, 7) is 4.43. The van der Waals surface area contributed by atoms with Crippen molar-refractivity contribution in [1.29, 1.82) is 0 Å². The smallest absolute Gasteiger partial charge is 0.311 e. The lowest BCUT2D eigenvalue weighted by Gasteiger charge is -2.18. The van der Waals surface area contributed by atoms with Gasteiger partial charge in [0.1, 0.15) is 5.75 Å². The van der Waals surface area contributed by atoms with E-state index in [1.807, 2.05) is 12.1 Å². The van der Waals surface area contributed by atoms with Crippen LogP contribution >= 0.6 is 0 Å². The first-order valence-electron chi connectivity index (χ1n) is 8.19. The lowest BCUT2D eigenvalue weighted by atomic mass is 9.88. The molecule has 1 aliphatic carbocycles. The highest BCUT2D eigenvalue weighted by Crippen LogP contribution is 2.30. The first kappa shape index (κ1) is 15.8. The molecule has 0 heterocycles. The number of benzene rings is 1. The highest BCUT2D eigenvalue weighted by molar-refractivity contribution is 5.73. The van der Waals surface area contributed by atoms with Crippen LogP contribution in [0.5, 0.6) is 5.75 Å². The van der Waals surface area contributed by atoms with Crippen molar-refractivity contribution in [2.75, 3.05) is 0 Å². The number of hydrogen-bond donors (Lipinski definition) is 0. The second-order valence-electron chi connectivity index (χ2n) is 6.06. The summed E-state index contributed by atoms with van der Waals surface area (Å²) in [5.74, 6) is 1.34. The van der Waals surface area contributed by atoms with Crippen molar-refractivity contribution in [1.82, 2.24) is 0 Å². The van der Waals surface area contributed by atoms with E-state index < -0.39 is 0 Å². The molecule has 2 rings (SSSR count). The van der Waals surface area contributed by atoms with Crippen LogP contribution in [0.4, 0.5) is 0 Å². The molecule has 1 aromatic carbocycles. The summed E-state index contributed by atoms with van der Waals surface area (Å²) in [6, 6.07) is 7.95. The number of rotatable bonds is 6. The zero-order chi connectivity index (χ0) is 15.1. The molecule has 0 aromatic heterocycles. The average molecular weight is 286 g/mol. The van der Waals surface area contributed by atoms with Crippen molar-refractivity contribution in [2.24, 2.45) is 5.92 Å². The topological polar surface area (TPSA) is 26.3 Å². The van der Waals surface area contributed by atoms with Gasteiger partial charge in [-0.3, -0.25) is 4.79 Å². The van der Waals surface area contributed by atoms with Crippen LogP contribution < -0.4 is 4.74 Å². The van der Waals surface area contributed by atoms with Crippen molar-refractivity contribution >= 4 is 11.5 Å². The predicted molar refractivity (Wildman–Crippen MR) is 87.2 cm³/mol. The monoisotopic (exact) mass is 286 g/mol. The molecule has 0 radical (unpaired) electrons. The van der Waals surface area contributed by atoms with Gasteiger partial charge in [0.05, 0.1) is 0 Å². The lowest BCUT2D eigenvalue weighted by Crippen LogP contribution is -2.07. The largest absolute Gasteiger partial charge is 0.427 e. The number of unbranched alkanes of at least 4 members (excludes halogenated alkanes) is 2. The third-order valence-corrected chi connectivity index (χ3v) is 4.11. The van der Waals surface area contributed by atoms with Crippen LogP contribution in [0, 0.1) is 5.92 Å². The first-order chi connectivity index (χ1) is 10.2. The molecular weight excluding hydrogens is 260 g/mol. The normalized spacial score (nSPS) is 18.2. The number of allylic oxidation sites excluding steroid dienone is 2. The molecule has 0 bridgehead atoms. The third-order valence-electron chi connectivity index (χ3n) is 4.11. The number of carbonyl (C=O) groups excluding carboxylic acids is 1. The van der Waals surface area contributed by atoms with E-state index in [-0.39, 0.29) is 5.97 Å². The summed E-state index contributed by atoms with van der Waals surface area (Å²) in [5, 5.41) is 0. The second-order valence-corrected chi connectivity index (χ2v) is 6.06. The van der Waals surface area contributed by atoms with Crippen LogP contribution in [0.1, 0.15) is 64.4 Å². The predicted octanol–water partition coefficient (Wildman–Crippen LogP) is 5.38. The van der Waals surface area contributed by atoms with Gasteiger partial charge in [-0.25, -0.2) is 0 Å². The number of ether oxygens (including phenoxy) is 1. The van der Waals surface area contributed by atoms with Crippen LogP contribution in [-0.4, -0.2) is 5.97 Å². The molecule has 0 aliphatic heterocycles. The maximum absolute atomic E-state index is 11.7. The molecule has 0 spiro atoms. The van der Waals surface area contributed by atoms with Gasteiger partial charge in [-0.05, 0) is 54.9 Å². The number of esters is 1. The molecule has 1 aromatic rings. The number of carbonyl (C=O) groups is 1. The zero-order valence-corrected chi connectivity index (χ0v) is 13.2. The van der Waals surface area contributed by atoms with E-state index in [9.17, 15) is 4.79 Å². The SMILES string of the molecule is CCCCCC(=O)Oc1ccc(C2=CCC(C)CC2)cc1.